The summed E-state index contributed by atoms with van der Waals surface area (Å²) in [6.07, 6.45) is -0.302. The van der Waals surface area contributed by atoms with Crippen LogP contribution in [0.1, 0.15) is 13.3 Å². The van der Waals surface area contributed by atoms with Crippen LogP contribution in [0, 0.1) is 0 Å². The average molecular weight is 224 g/mol. The molecule has 0 saturated carbocycles. The van der Waals surface area contributed by atoms with Crippen LogP contribution in [-0.4, -0.2) is 33.3 Å². The zero-order valence-electron chi connectivity index (χ0n) is 7.71. The van der Waals surface area contributed by atoms with Crippen LogP contribution in [0.4, 0.5) is 0 Å². The maximum Gasteiger partial charge on any atom is 0.353 e. The standard InChI is InChI=1S/C7H13O6P/c1-5(2)7(9)13-4-3-6(8)14(10,11)12/h6,8H,1,3-4H2,2H3,(H2,10,11,12). The Morgan fingerprint density at radius 1 is 1.57 bits per heavy atom. The van der Waals surface area contributed by atoms with Gasteiger partial charge in [-0.25, -0.2) is 4.79 Å². The highest BCUT2D eigenvalue weighted by Gasteiger charge is 2.25. The maximum atomic E-state index is 10.8. The Kier molecular flexibility index (Phi) is 5.01. The van der Waals surface area contributed by atoms with Crippen molar-refractivity contribution in [2.24, 2.45) is 0 Å². The molecule has 14 heavy (non-hydrogen) atoms. The van der Waals surface area contributed by atoms with Crippen molar-refractivity contribution in [2.75, 3.05) is 6.61 Å². The van der Waals surface area contributed by atoms with Gasteiger partial charge in [-0.1, -0.05) is 6.58 Å². The highest BCUT2D eigenvalue weighted by atomic mass is 31.2. The lowest BCUT2D eigenvalue weighted by Crippen LogP contribution is -2.13. The maximum absolute atomic E-state index is 10.8. The molecule has 6 nitrogen and oxygen atoms in total. The first-order chi connectivity index (χ1) is 6.25. The molecule has 0 aromatic carbocycles. The van der Waals surface area contributed by atoms with Crippen molar-refractivity contribution < 1.29 is 29.0 Å². The molecular weight excluding hydrogens is 211 g/mol. The van der Waals surface area contributed by atoms with Crippen molar-refractivity contribution in [1.82, 2.24) is 0 Å². The van der Waals surface area contributed by atoms with Crippen LogP contribution >= 0.6 is 7.60 Å². The Morgan fingerprint density at radius 2 is 2.07 bits per heavy atom. The monoisotopic (exact) mass is 224 g/mol. The zero-order valence-corrected chi connectivity index (χ0v) is 8.61. The fourth-order valence-electron chi connectivity index (χ4n) is 0.548. The highest BCUT2D eigenvalue weighted by Crippen LogP contribution is 2.40. The summed E-state index contributed by atoms with van der Waals surface area (Å²) >= 11 is 0. The van der Waals surface area contributed by atoms with Crippen molar-refractivity contribution >= 4 is 13.6 Å². The number of aliphatic hydroxyl groups is 1. The number of hydrogen-bond donors (Lipinski definition) is 3. The summed E-state index contributed by atoms with van der Waals surface area (Å²) < 4.78 is 15.0. The van der Waals surface area contributed by atoms with Gasteiger partial charge in [-0.05, 0) is 6.92 Å². The topological polar surface area (TPSA) is 104 Å². The predicted octanol–water partition coefficient (Wildman–Crippen LogP) is -0.00810. The van der Waals surface area contributed by atoms with Crippen LogP contribution in [0.25, 0.3) is 0 Å². The van der Waals surface area contributed by atoms with E-state index in [2.05, 4.69) is 11.3 Å². The molecule has 3 N–H and O–H groups in total. The van der Waals surface area contributed by atoms with Crippen LogP contribution in [0.2, 0.25) is 0 Å². The Hall–Kier alpha value is -0.680. The molecule has 0 aromatic heterocycles. The first kappa shape index (κ1) is 13.3. The number of esters is 1. The number of aliphatic hydroxyl groups excluding tert-OH is 1. The molecule has 0 spiro atoms. The molecule has 1 unspecified atom stereocenters. The van der Waals surface area contributed by atoms with Crippen molar-refractivity contribution in [3.63, 3.8) is 0 Å². The Balaban J connectivity index is 3.81. The normalized spacial score (nSPS) is 13.4. The molecule has 0 heterocycles. The van der Waals surface area contributed by atoms with E-state index in [-0.39, 0.29) is 18.6 Å². The lowest BCUT2D eigenvalue weighted by molar-refractivity contribution is -0.139. The molecule has 0 aliphatic heterocycles. The van der Waals surface area contributed by atoms with Gasteiger partial charge in [-0.3, -0.25) is 4.57 Å². The van der Waals surface area contributed by atoms with Gasteiger partial charge >= 0.3 is 13.6 Å². The molecule has 0 saturated heterocycles. The van der Waals surface area contributed by atoms with Gasteiger partial charge in [0.05, 0.1) is 6.61 Å². The minimum atomic E-state index is -4.50. The minimum absolute atomic E-state index is 0.190. The van der Waals surface area contributed by atoms with E-state index in [4.69, 9.17) is 14.9 Å². The molecule has 0 bridgehead atoms. The first-order valence-electron chi connectivity index (χ1n) is 3.81. The van der Waals surface area contributed by atoms with E-state index < -0.39 is 19.4 Å². The van der Waals surface area contributed by atoms with Gasteiger partial charge in [-0.2, -0.15) is 0 Å². The van der Waals surface area contributed by atoms with Gasteiger partial charge in [0.25, 0.3) is 0 Å². The summed E-state index contributed by atoms with van der Waals surface area (Å²) in [5.41, 5.74) is 0.190. The van der Waals surface area contributed by atoms with Crippen LogP contribution in [-0.2, 0) is 14.1 Å². The summed E-state index contributed by atoms with van der Waals surface area (Å²) in [7, 11) is -4.50. The second-order valence-corrected chi connectivity index (χ2v) is 4.55. The number of ether oxygens (including phenoxy) is 1. The first-order valence-corrected chi connectivity index (χ1v) is 5.49. The fourth-order valence-corrected chi connectivity index (χ4v) is 0.990. The molecule has 0 amide bonds. The van der Waals surface area contributed by atoms with Gasteiger partial charge in [0.15, 0.2) is 5.85 Å². The molecule has 0 fully saturated rings. The van der Waals surface area contributed by atoms with Gasteiger partial charge in [0.2, 0.25) is 0 Å². The van der Waals surface area contributed by atoms with Crippen molar-refractivity contribution in [1.29, 1.82) is 0 Å². The lowest BCUT2D eigenvalue weighted by Gasteiger charge is -2.11. The third-order valence-corrected chi connectivity index (χ3v) is 2.38. The van der Waals surface area contributed by atoms with E-state index in [1.807, 2.05) is 0 Å². The lowest BCUT2D eigenvalue weighted by atomic mass is 10.4. The van der Waals surface area contributed by atoms with E-state index in [1.54, 1.807) is 0 Å². The quantitative estimate of drug-likeness (QED) is 0.344. The molecule has 0 aliphatic carbocycles. The molecule has 0 rings (SSSR count). The molecule has 0 radical (unpaired) electrons. The van der Waals surface area contributed by atoms with E-state index in [1.165, 1.54) is 6.92 Å². The summed E-state index contributed by atoms with van der Waals surface area (Å²) in [4.78, 5) is 27.7. The fraction of sp³-hybridized carbons (Fsp3) is 0.571. The van der Waals surface area contributed by atoms with Gasteiger partial charge < -0.3 is 19.6 Å². The van der Waals surface area contributed by atoms with Gasteiger partial charge in [0.1, 0.15) is 0 Å². The predicted molar refractivity (Wildman–Crippen MR) is 48.4 cm³/mol. The molecule has 0 aromatic rings. The second kappa shape index (κ2) is 5.26. The van der Waals surface area contributed by atoms with Crippen LogP contribution < -0.4 is 0 Å². The molecule has 7 heteroatoms. The Morgan fingerprint density at radius 3 is 2.43 bits per heavy atom. The summed E-state index contributed by atoms with van der Waals surface area (Å²) in [6, 6.07) is 0. The van der Waals surface area contributed by atoms with Crippen molar-refractivity contribution in [2.45, 2.75) is 19.2 Å². The van der Waals surface area contributed by atoms with E-state index >= 15 is 0 Å². The molecule has 82 valence electrons. The highest BCUT2D eigenvalue weighted by molar-refractivity contribution is 7.52. The Labute approximate surface area is 81.4 Å². The summed E-state index contributed by atoms with van der Waals surface area (Å²) in [6.45, 7) is 4.51. The number of carbonyl (C=O) groups excluding carboxylic acids is 1. The number of hydrogen-bond acceptors (Lipinski definition) is 4. The minimum Gasteiger partial charge on any atom is -0.462 e. The van der Waals surface area contributed by atoms with Crippen LogP contribution in [0.5, 0.6) is 0 Å². The van der Waals surface area contributed by atoms with Crippen LogP contribution in [0.15, 0.2) is 12.2 Å². The van der Waals surface area contributed by atoms with Gasteiger partial charge in [-0.15, -0.1) is 0 Å². The third-order valence-electron chi connectivity index (χ3n) is 1.35. The van der Waals surface area contributed by atoms with Gasteiger partial charge in [0, 0.05) is 12.0 Å². The Bertz CT molecular complexity index is 267. The smallest absolute Gasteiger partial charge is 0.353 e. The van der Waals surface area contributed by atoms with E-state index in [9.17, 15) is 9.36 Å². The SMILES string of the molecule is C=C(C)C(=O)OCCC(O)P(=O)(O)O. The van der Waals surface area contributed by atoms with Crippen LogP contribution in [0.3, 0.4) is 0 Å². The second-order valence-electron chi connectivity index (χ2n) is 2.77. The number of rotatable bonds is 5. The summed E-state index contributed by atoms with van der Waals surface area (Å²) in [5.74, 6) is -2.44. The number of carbonyl (C=O) groups is 1. The average Bonchev–Trinajstić information content (AvgIpc) is 2.01. The molecule has 0 aliphatic rings. The largest absolute Gasteiger partial charge is 0.462 e. The van der Waals surface area contributed by atoms with Crippen molar-refractivity contribution in [3.05, 3.63) is 12.2 Å². The zero-order chi connectivity index (χ0) is 11.4. The molecular formula is C7H13O6P. The third kappa shape index (κ3) is 5.14. The van der Waals surface area contributed by atoms with E-state index in [0.717, 1.165) is 0 Å². The van der Waals surface area contributed by atoms with E-state index in [0.29, 0.717) is 0 Å². The molecule has 1 atom stereocenters. The van der Waals surface area contributed by atoms with Crippen molar-refractivity contribution in [3.8, 4) is 0 Å². The summed E-state index contributed by atoms with van der Waals surface area (Å²) in [5, 5.41) is 8.86.